The summed E-state index contributed by atoms with van der Waals surface area (Å²) in [5.74, 6) is 0.905. The topological polar surface area (TPSA) is 27.1 Å². The highest BCUT2D eigenvalue weighted by Gasteiger charge is 2.15. The zero-order chi connectivity index (χ0) is 13.8. The van der Waals surface area contributed by atoms with Gasteiger partial charge in [0.2, 0.25) is 0 Å². The van der Waals surface area contributed by atoms with E-state index in [0.717, 1.165) is 11.4 Å². The lowest BCUT2D eigenvalue weighted by Gasteiger charge is -2.21. The van der Waals surface area contributed by atoms with Gasteiger partial charge >= 0.3 is 0 Å². The molecule has 0 saturated heterocycles. The third kappa shape index (κ3) is 3.21. The van der Waals surface area contributed by atoms with Gasteiger partial charge in [0.15, 0.2) is 0 Å². The van der Waals surface area contributed by atoms with Crippen molar-refractivity contribution in [1.29, 1.82) is 0 Å². The Morgan fingerprint density at radius 3 is 2.60 bits per heavy atom. The summed E-state index contributed by atoms with van der Waals surface area (Å²) in [6, 6.07) is 10.8. The number of hydrogen-bond donors (Lipinski definition) is 0. The minimum atomic E-state index is 0.544. The average Bonchev–Trinajstić information content (AvgIpc) is 2.97. The lowest BCUT2D eigenvalue weighted by Crippen LogP contribution is -2.13. The van der Waals surface area contributed by atoms with Gasteiger partial charge in [0, 0.05) is 6.20 Å². The standard InChI is InChI=1S/C17H22N2O/c1-14-7-9-17(10-8-14)20-13-15-11-12-19(18-15)16-5-3-2-4-6-16/h7-12,16H,2-6,13H2,1H3. The SMILES string of the molecule is Cc1ccc(OCc2ccn(C3CCCCC3)n2)cc1. The first-order chi connectivity index (χ1) is 9.81. The normalized spacial score (nSPS) is 16.2. The summed E-state index contributed by atoms with van der Waals surface area (Å²) in [5, 5.41) is 4.66. The highest BCUT2D eigenvalue weighted by molar-refractivity contribution is 5.26. The molecule has 3 heteroatoms. The van der Waals surface area contributed by atoms with Crippen molar-refractivity contribution in [3.8, 4) is 5.75 Å². The van der Waals surface area contributed by atoms with Gasteiger partial charge in [-0.15, -0.1) is 0 Å². The molecule has 2 aromatic rings. The van der Waals surface area contributed by atoms with Crippen LogP contribution in [0.2, 0.25) is 0 Å². The molecule has 1 saturated carbocycles. The Morgan fingerprint density at radius 2 is 1.85 bits per heavy atom. The van der Waals surface area contributed by atoms with Crippen molar-refractivity contribution >= 4 is 0 Å². The van der Waals surface area contributed by atoms with Gasteiger partial charge in [-0.2, -0.15) is 5.10 Å². The number of nitrogens with zero attached hydrogens (tertiary/aromatic N) is 2. The smallest absolute Gasteiger partial charge is 0.132 e. The molecule has 1 aliphatic rings. The lowest BCUT2D eigenvalue weighted by atomic mass is 9.96. The second kappa shape index (κ2) is 6.12. The van der Waals surface area contributed by atoms with Gasteiger partial charge in [-0.25, -0.2) is 0 Å². The van der Waals surface area contributed by atoms with Crippen molar-refractivity contribution in [1.82, 2.24) is 9.78 Å². The van der Waals surface area contributed by atoms with Gasteiger partial charge in [0.1, 0.15) is 12.4 Å². The molecule has 1 aromatic carbocycles. The number of rotatable bonds is 4. The first-order valence-electron chi connectivity index (χ1n) is 7.55. The molecule has 0 unspecified atom stereocenters. The van der Waals surface area contributed by atoms with Crippen molar-refractivity contribution in [2.24, 2.45) is 0 Å². The van der Waals surface area contributed by atoms with E-state index in [1.165, 1.54) is 37.7 Å². The third-order valence-electron chi connectivity index (χ3n) is 4.02. The van der Waals surface area contributed by atoms with Gasteiger partial charge in [0.25, 0.3) is 0 Å². The fourth-order valence-corrected chi connectivity index (χ4v) is 2.80. The quantitative estimate of drug-likeness (QED) is 0.829. The fraction of sp³-hybridized carbons (Fsp3) is 0.471. The van der Waals surface area contributed by atoms with Crippen LogP contribution in [0.1, 0.15) is 49.4 Å². The molecule has 0 N–H and O–H groups in total. The molecular formula is C17H22N2O. The monoisotopic (exact) mass is 270 g/mol. The third-order valence-corrected chi connectivity index (χ3v) is 4.02. The second-order valence-electron chi connectivity index (χ2n) is 5.68. The van der Waals surface area contributed by atoms with Crippen LogP contribution in [0.3, 0.4) is 0 Å². The number of ether oxygens (including phenoxy) is 1. The number of aromatic nitrogens is 2. The predicted octanol–water partition coefficient (Wildman–Crippen LogP) is 4.28. The van der Waals surface area contributed by atoms with Crippen LogP contribution < -0.4 is 4.74 Å². The highest BCUT2D eigenvalue weighted by atomic mass is 16.5. The average molecular weight is 270 g/mol. The Balaban J connectivity index is 1.58. The summed E-state index contributed by atoms with van der Waals surface area (Å²) >= 11 is 0. The molecule has 1 aliphatic carbocycles. The molecule has 3 rings (SSSR count). The maximum Gasteiger partial charge on any atom is 0.132 e. The first kappa shape index (κ1) is 13.2. The van der Waals surface area contributed by atoms with Crippen molar-refractivity contribution in [2.45, 2.75) is 51.7 Å². The van der Waals surface area contributed by atoms with E-state index in [1.54, 1.807) is 0 Å². The molecule has 0 radical (unpaired) electrons. The Kier molecular flexibility index (Phi) is 4.05. The number of benzene rings is 1. The summed E-state index contributed by atoms with van der Waals surface area (Å²) < 4.78 is 7.90. The number of aryl methyl sites for hydroxylation is 1. The molecule has 106 valence electrons. The van der Waals surface area contributed by atoms with Crippen LogP contribution in [0.25, 0.3) is 0 Å². The van der Waals surface area contributed by atoms with Crippen LogP contribution >= 0.6 is 0 Å². The van der Waals surface area contributed by atoms with Crippen molar-refractivity contribution in [2.75, 3.05) is 0 Å². The molecular weight excluding hydrogens is 248 g/mol. The van der Waals surface area contributed by atoms with Crippen LogP contribution in [0, 0.1) is 6.92 Å². The van der Waals surface area contributed by atoms with Crippen LogP contribution in [0.15, 0.2) is 36.5 Å². The Labute approximate surface area is 120 Å². The first-order valence-corrected chi connectivity index (χ1v) is 7.55. The molecule has 20 heavy (non-hydrogen) atoms. The zero-order valence-electron chi connectivity index (χ0n) is 12.1. The summed E-state index contributed by atoms with van der Waals surface area (Å²) in [6.07, 6.45) is 8.67. The zero-order valence-corrected chi connectivity index (χ0v) is 12.1. The molecule has 1 fully saturated rings. The van der Waals surface area contributed by atoms with E-state index in [4.69, 9.17) is 4.74 Å². The molecule has 0 atom stereocenters. The van der Waals surface area contributed by atoms with Gasteiger partial charge in [-0.05, 0) is 38.0 Å². The predicted molar refractivity (Wildman–Crippen MR) is 79.9 cm³/mol. The second-order valence-corrected chi connectivity index (χ2v) is 5.68. The molecule has 0 aliphatic heterocycles. The van der Waals surface area contributed by atoms with Gasteiger partial charge < -0.3 is 4.74 Å². The van der Waals surface area contributed by atoms with Gasteiger partial charge in [-0.1, -0.05) is 37.0 Å². The molecule has 0 amide bonds. The van der Waals surface area contributed by atoms with E-state index < -0.39 is 0 Å². The summed E-state index contributed by atoms with van der Waals surface area (Å²) in [5.41, 5.74) is 2.26. The van der Waals surface area contributed by atoms with E-state index in [-0.39, 0.29) is 0 Å². The molecule has 3 nitrogen and oxygen atoms in total. The summed E-state index contributed by atoms with van der Waals surface area (Å²) in [6.45, 7) is 2.62. The molecule has 0 bridgehead atoms. The Hall–Kier alpha value is -1.77. The van der Waals surface area contributed by atoms with E-state index in [2.05, 4.69) is 41.1 Å². The minimum Gasteiger partial charge on any atom is -0.487 e. The van der Waals surface area contributed by atoms with E-state index in [9.17, 15) is 0 Å². The summed E-state index contributed by atoms with van der Waals surface area (Å²) in [7, 11) is 0. The Bertz CT molecular complexity index is 538. The van der Waals surface area contributed by atoms with Crippen molar-refractivity contribution in [3.63, 3.8) is 0 Å². The number of hydrogen-bond acceptors (Lipinski definition) is 2. The molecule has 1 aromatic heterocycles. The van der Waals surface area contributed by atoms with E-state index in [0.29, 0.717) is 12.6 Å². The minimum absolute atomic E-state index is 0.544. The van der Waals surface area contributed by atoms with Crippen LogP contribution in [0.4, 0.5) is 0 Å². The van der Waals surface area contributed by atoms with Crippen molar-refractivity contribution in [3.05, 3.63) is 47.8 Å². The van der Waals surface area contributed by atoms with Crippen LogP contribution in [-0.4, -0.2) is 9.78 Å². The van der Waals surface area contributed by atoms with Crippen molar-refractivity contribution < 1.29 is 4.74 Å². The van der Waals surface area contributed by atoms with Gasteiger partial charge in [-0.3, -0.25) is 4.68 Å². The molecule has 0 spiro atoms. The molecule has 1 heterocycles. The van der Waals surface area contributed by atoms with Gasteiger partial charge in [0.05, 0.1) is 11.7 Å². The van der Waals surface area contributed by atoms with Crippen LogP contribution in [-0.2, 0) is 6.61 Å². The lowest BCUT2D eigenvalue weighted by molar-refractivity contribution is 0.291. The van der Waals surface area contributed by atoms with Crippen LogP contribution in [0.5, 0.6) is 5.75 Å². The Morgan fingerprint density at radius 1 is 1.10 bits per heavy atom. The van der Waals surface area contributed by atoms with E-state index in [1.807, 2.05) is 12.1 Å². The summed E-state index contributed by atoms with van der Waals surface area (Å²) in [4.78, 5) is 0. The maximum absolute atomic E-state index is 5.77. The largest absolute Gasteiger partial charge is 0.487 e. The van der Waals surface area contributed by atoms with E-state index >= 15 is 0 Å². The highest BCUT2D eigenvalue weighted by Crippen LogP contribution is 2.27. The fourth-order valence-electron chi connectivity index (χ4n) is 2.80. The maximum atomic E-state index is 5.77.